The summed E-state index contributed by atoms with van der Waals surface area (Å²) in [5.41, 5.74) is 5.83. The van der Waals surface area contributed by atoms with Gasteiger partial charge >= 0.3 is 0 Å². The molecule has 27 heavy (non-hydrogen) atoms. The summed E-state index contributed by atoms with van der Waals surface area (Å²) in [4.78, 5) is 6.54. The van der Waals surface area contributed by atoms with Crippen LogP contribution in [-0.4, -0.2) is 16.6 Å². The summed E-state index contributed by atoms with van der Waals surface area (Å²) >= 11 is 0. The van der Waals surface area contributed by atoms with E-state index in [-0.39, 0.29) is 0 Å². The Hall–Kier alpha value is -3.33. The Morgan fingerprint density at radius 1 is 0.963 bits per heavy atom. The van der Waals surface area contributed by atoms with Crippen LogP contribution in [-0.2, 0) is 0 Å². The van der Waals surface area contributed by atoms with E-state index in [9.17, 15) is 0 Å². The van der Waals surface area contributed by atoms with Gasteiger partial charge in [0.05, 0.1) is 17.2 Å². The lowest BCUT2D eigenvalue weighted by molar-refractivity contribution is 1.08. The second-order valence-corrected chi connectivity index (χ2v) is 6.65. The number of aromatic nitrogens is 2. The fourth-order valence-electron chi connectivity index (χ4n) is 3.47. The largest absolute Gasteiger partial charge is 0.348 e. The molecule has 0 saturated heterocycles. The van der Waals surface area contributed by atoms with Crippen LogP contribution in [0.5, 0.6) is 0 Å². The minimum absolute atomic E-state index is 1.13. The van der Waals surface area contributed by atoms with Crippen LogP contribution in [0.25, 0.3) is 27.5 Å². The zero-order chi connectivity index (χ0) is 18.8. The van der Waals surface area contributed by atoms with Gasteiger partial charge in [-0.1, -0.05) is 30.4 Å². The third-order valence-electron chi connectivity index (χ3n) is 5.03. The van der Waals surface area contributed by atoms with E-state index in [1.165, 1.54) is 22.0 Å². The highest BCUT2D eigenvalue weighted by atomic mass is 15.1. The number of rotatable bonds is 4. The van der Waals surface area contributed by atoms with Gasteiger partial charge in [0, 0.05) is 41.1 Å². The van der Waals surface area contributed by atoms with Crippen LogP contribution in [0.4, 0.5) is 5.69 Å². The molecule has 2 aromatic heterocycles. The molecule has 0 N–H and O–H groups in total. The van der Waals surface area contributed by atoms with E-state index >= 15 is 0 Å². The molecule has 0 aliphatic carbocycles. The molecular formula is C24H23N3. The number of hydrogen-bond donors (Lipinski definition) is 0. The summed E-state index contributed by atoms with van der Waals surface area (Å²) < 4.78 is 2.28. The van der Waals surface area contributed by atoms with E-state index in [1.807, 2.05) is 25.4 Å². The van der Waals surface area contributed by atoms with Gasteiger partial charge in [-0.2, -0.15) is 0 Å². The molecule has 0 amide bonds. The molecule has 4 rings (SSSR count). The quantitative estimate of drug-likeness (QED) is 0.414. The number of hydrogen-bond acceptors (Lipinski definition) is 2. The zero-order valence-corrected chi connectivity index (χ0v) is 15.9. The molecule has 134 valence electrons. The van der Waals surface area contributed by atoms with Crippen molar-refractivity contribution in [1.82, 2.24) is 9.55 Å². The monoisotopic (exact) mass is 353 g/mol. The molecular weight excluding hydrogens is 330 g/mol. The van der Waals surface area contributed by atoms with Crippen molar-refractivity contribution in [3.05, 3.63) is 90.9 Å². The Morgan fingerprint density at radius 3 is 2.48 bits per heavy atom. The number of fused-ring (bicyclic) bond motifs is 3. The maximum atomic E-state index is 4.35. The van der Waals surface area contributed by atoms with Crippen LogP contribution in [0.15, 0.2) is 90.9 Å². The smallest absolute Gasteiger partial charge is 0.0724 e. The third-order valence-corrected chi connectivity index (χ3v) is 5.03. The van der Waals surface area contributed by atoms with Crippen molar-refractivity contribution in [2.75, 3.05) is 11.9 Å². The van der Waals surface area contributed by atoms with Gasteiger partial charge in [0.15, 0.2) is 0 Å². The van der Waals surface area contributed by atoms with Crippen molar-refractivity contribution in [1.29, 1.82) is 0 Å². The summed E-state index contributed by atoms with van der Waals surface area (Å²) in [5, 5.41) is 2.48. The highest BCUT2D eigenvalue weighted by molar-refractivity contribution is 6.08. The lowest BCUT2D eigenvalue weighted by Gasteiger charge is -2.20. The van der Waals surface area contributed by atoms with Crippen molar-refractivity contribution in [2.45, 2.75) is 13.8 Å². The van der Waals surface area contributed by atoms with Crippen molar-refractivity contribution in [3.8, 4) is 5.69 Å². The summed E-state index contributed by atoms with van der Waals surface area (Å²) in [7, 11) is 2.09. The molecule has 0 fully saturated rings. The van der Waals surface area contributed by atoms with Crippen LogP contribution >= 0.6 is 0 Å². The summed E-state index contributed by atoms with van der Waals surface area (Å²) in [6.45, 7) is 4.14. The highest BCUT2D eigenvalue weighted by Gasteiger charge is 2.12. The van der Waals surface area contributed by atoms with E-state index in [0.717, 1.165) is 16.9 Å². The summed E-state index contributed by atoms with van der Waals surface area (Å²) in [6, 6.07) is 19.3. The van der Waals surface area contributed by atoms with Gasteiger partial charge in [-0.05, 0) is 56.3 Å². The fraction of sp³-hybridized carbons (Fsp3) is 0.125. The first-order chi connectivity index (χ1) is 13.2. The van der Waals surface area contributed by atoms with Crippen molar-refractivity contribution in [3.63, 3.8) is 0 Å². The minimum Gasteiger partial charge on any atom is -0.348 e. The first kappa shape index (κ1) is 17.1. The summed E-state index contributed by atoms with van der Waals surface area (Å²) in [6.07, 6.45) is 10.0. The van der Waals surface area contributed by atoms with E-state index in [2.05, 4.69) is 95.2 Å². The minimum atomic E-state index is 1.13. The number of benzene rings is 2. The van der Waals surface area contributed by atoms with Gasteiger partial charge in [-0.25, -0.2) is 0 Å². The molecule has 2 heterocycles. The topological polar surface area (TPSA) is 21.1 Å². The van der Waals surface area contributed by atoms with Gasteiger partial charge < -0.3 is 9.47 Å². The average molecular weight is 353 g/mol. The van der Waals surface area contributed by atoms with Gasteiger partial charge in [0.1, 0.15) is 0 Å². The Balaban J connectivity index is 1.81. The standard InChI is InChI=1S/C24H23N3/c1-4-5-8-18(2)26(3)19-11-13-20(14-12-19)27-23-10-7-6-9-21(23)22-15-16-25-17-24(22)27/h4-17H,1-3H3/b5-4-,18-8+. The number of nitrogens with zero attached hydrogens (tertiary/aromatic N) is 3. The van der Waals surface area contributed by atoms with Crippen molar-refractivity contribution in [2.24, 2.45) is 0 Å². The Kier molecular flexibility index (Phi) is 4.51. The Morgan fingerprint density at radius 2 is 1.70 bits per heavy atom. The SMILES string of the molecule is C/C=C\C=C(/C)N(C)c1ccc(-n2c3ccccc3c3ccncc32)cc1. The molecule has 0 aliphatic rings. The van der Waals surface area contributed by atoms with Crippen LogP contribution in [0.1, 0.15) is 13.8 Å². The molecule has 0 bridgehead atoms. The van der Waals surface area contributed by atoms with Crippen LogP contribution in [0.2, 0.25) is 0 Å². The van der Waals surface area contributed by atoms with Crippen molar-refractivity contribution < 1.29 is 0 Å². The maximum Gasteiger partial charge on any atom is 0.0724 e. The van der Waals surface area contributed by atoms with Gasteiger partial charge in [0.25, 0.3) is 0 Å². The third kappa shape index (κ3) is 3.02. The average Bonchev–Trinajstić information content (AvgIpc) is 3.06. The molecule has 0 unspecified atom stereocenters. The fourth-order valence-corrected chi connectivity index (χ4v) is 3.47. The van der Waals surface area contributed by atoms with Gasteiger partial charge in [0.2, 0.25) is 0 Å². The van der Waals surface area contributed by atoms with Gasteiger partial charge in [-0.3, -0.25) is 4.98 Å². The maximum absolute atomic E-state index is 4.35. The molecule has 0 spiro atoms. The lowest BCUT2D eigenvalue weighted by atomic mass is 10.2. The molecule has 0 radical (unpaired) electrons. The van der Waals surface area contributed by atoms with E-state index in [4.69, 9.17) is 0 Å². The Bertz CT molecular complexity index is 1090. The van der Waals surface area contributed by atoms with E-state index in [1.54, 1.807) is 0 Å². The molecule has 2 aromatic carbocycles. The zero-order valence-electron chi connectivity index (χ0n) is 15.9. The second-order valence-electron chi connectivity index (χ2n) is 6.65. The first-order valence-electron chi connectivity index (χ1n) is 9.17. The lowest BCUT2D eigenvalue weighted by Crippen LogP contribution is -2.13. The predicted molar refractivity (Wildman–Crippen MR) is 116 cm³/mol. The molecule has 4 aromatic rings. The molecule has 3 nitrogen and oxygen atoms in total. The van der Waals surface area contributed by atoms with Crippen LogP contribution in [0, 0.1) is 0 Å². The number of allylic oxidation sites excluding steroid dienone is 4. The molecule has 0 saturated carbocycles. The number of para-hydroxylation sites is 1. The highest BCUT2D eigenvalue weighted by Crippen LogP contribution is 2.31. The number of pyridine rings is 1. The first-order valence-corrected chi connectivity index (χ1v) is 9.17. The summed E-state index contributed by atoms with van der Waals surface area (Å²) in [5.74, 6) is 0. The molecule has 0 atom stereocenters. The number of anilines is 1. The normalized spacial score (nSPS) is 12.3. The van der Waals surface area contributed by atoms with Crippen molar-refractivity contribution >= 4 is 27.5 Å². The van der Waals surface area contributed by atoms with Crippen LogP contribution in [0.3, 0.4) is 0 Å². The second kappa shape index (κ2) is 7.12. The van der Waals surface area contributed by atoms with Crippen LogP contribution < -0.4 is 4.90 Å². The predicted octanol–water partition coefficient (Wildman–Crippen LogP) is 6.09. The molecule has 0 aliphatic heterocycles. The van der Waals surface area contributed by atoms with Gasteiger partial charge in [-0.15, -0.1) is 0 Å². The molecule has 3 heteroatoms. The Labute approximate surface area is 159 Å². The van der Waals surface area contributed by atoms with E-state index < -0.39 is 0 Å². The van der Waals surface area contributed by atoms with E-state index in [0.29, 0.717) is 0 Å².